The Balaban J connectivity index is 1.78. The smallest absolute Gasteiger partial charge is 0.313 e. The zero-order chi connectivity index (χ0) is 18.2. The number of ether oxygens (including phenoxy) is 1. The maximum atomic E-state index is 12.9. The van der Waals surface area contributed by atoms with Crippen molar-refractivity contribution >= 4 is 11.9 Å². The number of hydrogen-bond donors (Lipinski definition) is 1. The molecule has 6 heteroatoms. The van der Waals surface area contributed by atoms with E-state index in [0.717, 1.165) is 17.7 Å². The third-order valence-electron chi connectivity index (χ3n) is 5.47. The van der Waals surface area contributed by atoms with Crippen LogP contribution in [0.3, 0.4) is 0 Å². The second-order valence-electron chi connectivity index (χ2n) is 7.45. The number of nitrogens with zero attached hydrogens (tertiary/aromatic N) is 2. The number of methoxy groups -OCH3 is 1. The minimum atomic E-state index is -0.859. The van der Waals surface area contributed by atoms with Crippen LogP contribution in [0.2, 0.25) is 0 Å². The highest BCUT2D eigenvalue weighted by Crippen LogP contribution is 2.43. The van der Waals surface area contributed by atoms with Crippen molar-refractivity contribution in [2.45, 2.75) is 13.8 Å². The molecule has 1 aromatic rings. The second kappa shape index (κ2) is 6.77. The normalized spacial score (nSPS) is 26.0. The van der Waals surface area contributed by atoms with Gasteiger partial charge in [0.2, 0.25) is 0 Å². The van der Waals surface area contributed by atoms with Gasteiger partial charge in [-0.3, -0.25) is 14.5 Å². The molecule has 2 fully saturated rings. The number of hydrogen-bond acceptors (Lipinski definition) is 4. The van der Waals surface area contributed by atoms with Crippen LogP contribution >= 0.6 is 0 Å². The summed E-state index contributed by atoms with van der Waals surface area (Å²) in [6.45, 7) is 7.22. The highest BCUT2D eigenvalue weighted by atomic mass is 16.5. The molecule has 0 spiro atoms. The van der Waals surface area contributed by atoms with Crippen LogP contribution in [0.4, 0.5) is 0 Å². The number of aryl methyl sites for hydroxylation is 2. The van der Waals surface area contributed by atoms with Crippen molar-refractivity contribution in [3.63, 3.8) is 0 Å². The van der Waals surface area contributed by atoms with Gasteiger partial charge in [0.25, 0.3) is 5.91 Å². The van der Waals surface area contributed by atoms with Crippen molar-refractivity contribution in [3.8, 4) is 0 Å². The molecule has 3 rings (SSSR count). The highest BCUT2D eigenvalue weighted by molar-refractivity contribution is 5.95. The molecule has 0 bridgehead atoms. The largest absolute Gasteiger partial charge is 0.481 e. The summed E-state index contributed by atoms with van der Waals surface area (Å²) in [7, 11) is 1.65. The molecule has 0 saturated carbocycles. The molecular weight excluding hydrogens is 320 g/mol. The number of amides is 1. The predicted octanol–water partition coefficient (Wildman–Crippen LogP) is 1.41. The molecule has 0 aliphatic carbocycles. The first-order chi connectivity index (χ1) is 11.9. The van der Waals surface area contributed by atoms with Crippen LogP contribution in [-0.4, -0.2) is 73.2 Å². The summed E-state index contributed by atoms with van der Waals surface area (Å²) >= 11 is 0. The van der Waals surface area contributed by atoms with Gasteiger partial charge in [-0.05, 0) is 26.0 Å². The van der Waals surface area contributed by atoms with Crippen LogP contribution in [0.25, 0.3) is 0 Å². The molecule has 0 unspecified atom stereocenters. The topological polar surface area (TPSA) is 70.1 Å². The van der Waals surface area contributed by atoms with E-state index in [4.69, 9.17) is 4.74 Å². The summed E-state index contributed by atoms with van der Waals surface area (Å²) in [6, 6.07) is 5.78. The van der Waals surface area contributed by atoms with Crippen molar-refractivity contribution in [3.05, 3.63) is 34.9 Å². The van der Waals surface area contributed by atoms with E-state index < -0.39 is 11.4 Å². The van der Waals surface area contributed by atoms with E-state index in [-0.39, 0.29) is 18.4 Å². The Morgan fingerprint density at radius 2 is 1.88 bits per heavy atom. The number of likely N-dealkylation sites (tertiary alicyclic amines) is 2. The summed E-state index contributed by atoms with van der Waals surface area (Å²) in [5.41, 5.74) is 1.87. The number of benzene rings is 1. The van der Waals surface area contributed by atoms with Crippen molar-refractivity contribution in [2.24, 2.45) is 11.3 Å². The van der Waals surface area contributed by atoms with Gasteiger partial charge in [-0.2, -0.15) is 0 Å². The molecule has 2 saturated heterocycles. The third-order valence-corrected chi connectivity index (χ3v) is 5.47. The van der Waals surface area contributed by atoms with E-state index in [9.17, 15) is 14.7 Å². The average molecular weight is 346 g/mol. The summed E-state index contributed by atoms with van der Waals surface area (Å²) in [5, 5.41) is 9.88. The Hall–Kier alpha value is -1.92. The first-order valence-electron chi connectivity index (χ1n) is 8.68. The zero-order valence-corrected chi connectivity index (χ0v) is 15.1. The monoisotopic (exact) mass is 346 g/mol. The third kappa shape index (κ3) is 3.28. The van der Waals surface area contributed by atoms with Crippen molar-refractivity contribution in [2.75, 3.05) is 46.4 Å². The van der Waals surface area contributed by atoms with Crippen LogP contribution in [0.1, 0.15) is 21.5 Å². The van der Waals surface area contributed by atoms with Crippen LogP contribution in [0.15, 0.2) is 18.2 Å². The fourth-order valence-electron chi connectivity index (χ4n) is 4.30. The Morgan fingerprint density at radius 3 is 2.44 bits per heavy atom. The Labute approximate surface area is 148 Å². The van der Waals surface area contributed by atoms with Crippen LogP contribution in [0, 0.1) is 25.2 Å². The lowest BCUT2D eigenvalue weighted by atomic mass is 9.81. The van der Waals surface area contributed by atoms with Gasteiger partial charge in [0, 0.05) is 51.3 Å². The minimum Gasteiger partial charge on any atom is -0.481 e. The number of carbonyl (C=O) groups is 2. The van der Waals surface area contributed by atoms with Gasteiger partial charge in [-0.1, -0.05) is 17.2 Å². The number of carboxylic acid groups (broad SMARTS) is 1. The van der Waals surface area contributed by atoms with Crippen LogP contribution in [0.5, 0.6) is 0 Å². The molecule has 25 heavy (non-hydrogen) atoms. The van der Waals surface area contributed by atoms with Gasteiger partial charge in [-0.25, -0.2) is 0 Å². The molecule has 0 aromatic heterocycles. The molecule has 2 atom stereocenters. The van der Waals surface area contributed by atoms with E-state index in [1.165, 1.54) is 0 Å². The van der Waals surface area contributed by atoms with Gasteiger partial charge in [0.15, 0.2) is 0 Å². The molecule has 1 amide bonds. The van der Waals surface area contributed by atoms with Crippen LogP contribution < -0.4 is 0 Å². The number of carbonyl (C=O) groups excluding carboxylic acids is 1. The summed E-state index contributed by atoms with van der Waals surface area (Å²) in [4.78, 5) is 28.8. The average Bonchev–Trinajstić information content (AvgIpc) is 3.06. The van der Waals surface area contributed by atoms with Crippen molar-refractivity contribution < 1.29 is 19.4 Å². The first-order valence-corrected chi connectivity index (χ1v) is 8.68. The summed E-state index contributed by atoms with van der Waals surface area (Å²) in [5.74, 6) is -0.893. The van der Waals surface area contributed by atoms with E-state index in [0.29, 0.717) is 31.8 Å². The molecule has 2 heterocycles. The fraction of sp³-hybridized carbons (Fsp3) is 0.579. The molecule has 6 nitrogen and oxygen atoms in total. The molecule has 2 aliphatic heterocycles. The number of rotatable bonds is 5. The van der Waals surface area contributed by atoms with E-state index in [1.807, 2.05) is 32.0 Å². The lowest BCUT2D eigenvalue weighted by molar-refractivity contribution is -0.148. The van der Waals surface area contributed by atoms with Gasteiger partial charge >= 0.3 is 5.97 Å². The molecule has 0 radical (unpaired) electrons. The van der Waals surface area contributed by atoms with Crippen molar-refractivity contribution in [1.29, 1.82) is 0 Å². The maximum absolute atomic E-state index is 12.9. The van der Waals surface area contributed by atoms with E-state index >= 15 is 0 Å². The van der Waals surface area contributed by atoms with E-state index in [1.54, 1.807) is 12.0 Å². The van der Waals surface area contributed by atoms with Gasteiger partial charge < -0.3 is 14.7 Å². The Kier molecular flexibility index (Phi) is 4.84. The first kappa shape index (κ1) is 17.9. The van der Waals surface area contributed by atoms with Crippen molar-refractivity contribution in [1.82, 2.24) is 9.80 Å². The minimum absolute atomic E-state index is 0.0308. The number of fused-ring (bicyclic) bond motifs is 1. The lowest BCUT2D eigenvalue weighted by Crippen LogP contribution is -2.42. The molecule has 136 valence electrons. The van der Waals surface area contributed by atoms with Crippen LogP contribution in [-0.2, 0) is 9.53 Å². The van der Waals surface area contributed by atoms with Gasteiger partial charge in [0.05, 0.1) is 6.61 Å². The molecular formula is C19H26N2O4. The van der Waals surface area contributed by atoms with E-state index in [2.05, 4.69) is 4.90 Å². The van der Waals surface area contributed by atoms with Gasteiger partial charge in [0.1, 0.15) is 5.41 Å². The number of aliphatic carboxylic acids is 1. The lowest BCUT2D eigenvalue weighted by Gasteiger charge is -2.25. The summed E-state index contributed by atoms with van der Waals surface area (Å²) in [6.07, 6.45) is 0. The summed E-state index contributed by atoms with van der Waals surface area (Å²) < 4.78 is 5.11. The standard InChI is InChI=1S/C19H26N2O4/c1-13-6-14(2)8-15(7-13)17(22)21-10-16-9-20(4-5-25-3)11-19(16,12-21)18(23)24/h6-8,16H,4-5,9-12H2,1-3H3,(H,23,24)/t16-,19-/m1/s1. The SMILES string of the molecule is COCCN1C[C@@H]2CN(C(=O)c3cc(C)cc(C)c3)C[C@]2(C(=O)O)C1. The molecule has 1 aromatic carbocycles. The van der Waals surface area contributed by atoms with Gasteiger partial charge in [-0.15, -0.1) is 0 Å². The fourth-order valence-corrected chi connectivity index (χ4v) is 4.30. The zero-order valence-electron chi connectivity index (χ0n) is 15.1. The second-order valence-corrected chi connectivity index (χ2v) is 7.45. The highest BCUT2D eigenvalue weighted by Gasteiger charge is 2.58. The quantitative estimate of drug-likeness (QED) is 0.873. The molecule has 1 N–H and O–H groups in total. The Morgan fingerprint density at radius 1 is 1.20 bits per heavy atom. The Bertz CT molecular complexity index is 670. The maximum Gasteiger partial charge on any atom is 0.313 e. The predicted molar refractivity (Wildman–Crippen MR) is 93.7 cm³/mol. The number of carboxylic acids is 1. The molecule has 2 aliphatic rings.